The molecule has 34 heavy (non-hydrogen) atoms. The van der Waals surface area contributed by atoms with Crippen LogP contribution in [0.5, 0.6) is 5.75 Å². The maximum Gasteiger partial charge on any atom is 0.255 e. The number of carbonyl (C=O) groups is 1. The zero-order valence-electron chi connectivity index (χ0n) is 18.7. The smallest absolute Gasteiger partial charge is 0.255 e. The molecule has 0 radical (unpaired) electrons. The second kappa shape index (κ2) is 9.62. The van der Waals surface area contributed by atoms with E-state index in [1.54, 1.807) is 17.1 Å². The van der Waals surface area contributed by atoms with Gasteiger partial charge in [0.2, 0.25) is 0 Å². The molecular weight excluding hydrogens is 432 g/mol. The molecule has 0 saturated heterocycles. The molecule has 0 aliphatic rings. The van der Waals surface area contributed by atoms with Crippen molar-refractivity contribution in [3.05, 3.63) is 78.6 Å². The minimum atomic E-state index is -0.188. The number of nitrogens with one attached hydrogen (secondary N) is 2. The number of carbonyl (C=O) groups excluding carboxylic acids is 1. The summed E-state index contributed by atoms with van der Waals surface area (Å²) in [5, 5.41) is 13.3. The van der Waals surface area contributed by atoms with Crippen LogP contribution < -0.4 is 15.4 Å². The molecule has 0 aliphatic heterocycles. The van der Waals surface area contributed by atoms with Crippen LogP contribution in [0.4, 0.5) is 5.82 Å². The Morgan fingerprint density at radius 3 is 2.85 bits per heavy atom. The fourth-order valence-electron chi connectivity index (χ4n) is 3.91. The summed E-state index contributed by atoms with van der Waals surface area (Å²) in [6.45, 7) is 3.73. The third-order valence-corrected chi connectivity index (χ3v) is 5.47. The van der Waals surface area contributed by atoms with E-state index in [4.69, 9.17) is 9.15 Å². The first-order valence-electron chi connectivity index (χ1n) is 11.1. The summed E-state index contributed by atoms with van der Waals surface area (Å²) in [5.41, 5.74) is 1.23. The summed E-state index contributed by atoms with van der Waals surface area (Å²) in [5.74, 6) is 1.87. The van der Waals surface area contributed by atoms with Crippen molar-refractivity contribution in [2.45, 2.75) is 20.0 Å². The Hall–Kier alpha value is -4.40. The first kappa shape index (κ1) is 21.4. The lowest BCUT2D eigenvalue weighted by Crippen LogP contribution is -2.28. The van der Waals surface area contributed by atoms with Gasteiger partial charge in [-0.15, -0.1) is 0 Å². The van der Waals surface area contributed by atoms with E-state index in [1.165, 1.54) is 6.33 Å². The van der Waals surface area contributed by atoms with E-state index >= 15 is 0 Å². The van der Waals surface area contributed by atoms with Gasteiger partial charge in [0.15, 0.2) is 5.65 Å². The average molecular weight is 457 g/mol. The van der Waals surface area contributed by atoms with Gasteiger partial charge in [-0.05, 0) is 35.9 Å². The Morgan fingerprint density at radius 2 is 2.00 bits per heavy atom. The number of furan rings is 1. The molecule has 5 aromatic rings. The van der Waals surface area contributed by atoms with Crippen LogP contribution in [0.2, 0.25) is 0 Å². The summed E-state index contributed by atoms with van der Waals surface area (Å²) in [7, 11) is 0. The molecular formula is C25H24N6O3. The van der Waals surface area contributed by atoms with Crippen molar-refractivity contribution in [1.29, 1.82) is 0 Å². The third kappa shape index (κ3) is 4.27. The number of anilines is 1. The van der Waals surface area contributed by atoms with Gasteiger partial charge in [-0.25, -0.2) is 14.6 Å². The SMILES string of the molecule is CCOc1ccc2ccccc2c1C(=O)NCCn1ncc2c(NCc3ccco3)ncnc21. The summed E-state index contributed by atoms with van der Waals surface area (Å²) >= 11 is 0. The van der Waals surface area contributed by atoms with Crippen molar-refractivity contribution < 1.29 is 13.9 Å². The van der Waals surface area contributed by atoms with E-state index in [-0.39, 0.29) is 5.91 Å². The van der Waals surface area contributed by atoms with Crippen LogP contribution in [-0.4, -0.2) is 38.8 Å². The minimum Gasteiger partial charge on any atom is -0.493 e. The molecule has 172 valence electrons. The van der Waals surface area contributed by atoms with Gasteiger partial charge in [0.05, 0.1) is 43.1 Å². The summed E-state index contributed by atoms with van der Waals surface area (Å²) in [4.78, 5) is 21.8. The molecule has 0 atom stereocenters. The molecule has 0 unspecified atom stereocenters. The number of benzene rings is 2. The molecule has 0 saturated carbocycles. The molecule has 2 N–H and O–H groups in total. The van der Waals surface area contributed by atoms with E-state index in [9.17, 15) is 4.79 Å². The van der Waals surface area contributed by atoms with Gasteiger partial charge in [-0.3, -0.25) is 4.79 Å². The van der Waals surface area contributed by atoms with Gasteiger partial charge >= 0.3 is 0 Å². The highest BCUT2D eigenvalue weighted by Gasteiger charge is 2.17. The molecule has 5 rings (SSSR count). The third-order valence-electron chi connectivity index (χ3n) is 5.47. The van der Waals surface area contributed by atoms with Crippen LogP contribution in [0, 0.1) is 0 Å². The molecule has 3 aromatic heterocycles. The van der Waals surface area contributed by atoms with Crippen molar-refractivity contribution >= 4 is 33.5 Å². The fraction of sp³-hybridized carbons (Fsp3) is 0.200. The molecule has 0 fully saturated rings. The molecule has 0 bridgehead atoms. The Bertz CT molecular complexity index is 1430. The highest BCUT2D eigenvalue weighted by atomic mass is 16.5. The Kier molecular flexibility index (Phi) is 6.07. The standard InChI is InChI=1S/C25H24N6O3/c1-2-33-21-10-9-17-6-3-4-8-19(17)22(21)25(32)26-11-12-31-24-20(15-30-31)23(28-16-29-24)27-14-18-7-5-13-34-18/h3-10,13,15-16H,2,11-12,14H2,1H3,(H,26,32)(H,27,28,29). The highest BCUT2D eigenvalue weighted by molar-refractivity contribution is 6.09. The maximum atomic E-state index is 13.1. The van der Waals surface area contributed by atoms with E-state index < -0.39 is 0 Å². The first-order chi connectivity index (χ1) is 16.7. The lowest BCUT2D eigenvalue weighted by molar-refractivity contribution is 0.0950. The zero-order chi connectivity index (χ0) is 23.3. The predicted molar refractivity (Wildman–Crippen MR) is 129 cm³/mol. The average Bonchev–Trinajstić information content (AvgIpc) is 3.53. The van der Waals surface area contributed by atoms with Crippen LogP contribution in [0.3, 0.4) is 0 Å². The summed E-state index contributed by atoms with van der Waals surface area (Å²) < 4.78 is 12.8. The number of amides is 1. The van der Waals surface area contributed by atoms with Crippen LogP contribution in [0.1, 0.15) is 23.0 Å². The zero-order valence-corrected chi connectivity index (χ0v) is 18.7. The van der Waals surface area contributed by atoms with Crippen LogP contribution in [0.15, 0.2) is 71.7 Å². The van der Waals surface area contributed by atoms with E-state index in [2.05, 4.69) is 25.7 Å². The molecule has 2 aromatic carbocycles. The fourth-order valence-corrected chi connectivity index (χ4v) is 3.91. The summed E-state index contributed by atoms with van der Waals surface area (Å²) in [6.07, 6.45) is 4.85. The number of hydrogen-bond donors (Lipinski definition) is 2. The van der Waals surface area contributed by atoms with Gasteiger partial charge in [0.1, 0.15) is 23.7 Å². The molecule has 9 heteroatoms. The lowest BCUT2D eigenvalue weighted by atomic mass is 10.0. The van der Waals surface area contributed by atoms with Crippen LogP contribution in [0.25, 0.3) is 21.8 Å². The van der Waals surface area contributed by atoms with Gasteiger partial charge < -0.3 is 19.8 Å². The van der Waals surface area contributed by atoms with Gasteiger partial charge in [-0.1, -0.05) is 30.3 Å². The number of ether oxygens (including phenoxy) is 1. The Morgan fingerprint density at radius 1 is 1.09 bits per heavy atom. The topological polar surface area (TPSA) is 107 Å². The number of nitrogens with zero attached hydrogens (tertiary/aromatic N) is 4. The van der Waals surface area contributed by atoms with Crippen molar-refractivity contribution in [3.63, 3.8) is 0 Å². The van der Waals surface area contributed by atoms with Crippen molar-refractivity contribution in [2.24, 2.45) is 0 Å². The highest BCUT2D eigenvalue weighted by Crippen LogP contribution is 2.28. The predicted octanol–water partition coefficient (Wildman–Crippen LogP) is 4.01. The van der Waals surface area contributed by atoms with E-state index in [1.807, 2.05) is 55.5 Å². The monoisotopic (exact) mass is 456 g/mol. The van der Waals surface area contributed by atoms with Gasteiger partial charge in [0, 0.05) is 6.54 Å². The van der Waals surface area contributed by atoms with Crippen molar-refractivity contribution in [3.8, 4) is 5.75 Å². The normalized spacial score (nSPS) is 11.1. The molecule has 9 nitrogen and oxygen atoms in total. The largest absolute Gasteiger partial charge is 0.493 e. The van der Waals surface area contributed by atoms with E-state index in [0.717, 1.165) is 21.9 Å². The first-order valence-corrected chi connectivity index (χ1v) is 11.1. The number of fused-ring (bicyclic) bond motifs is 2. The summed E-state index contributed by atoms with van der Waals surface area (Å²) in [6, 6.07) is 15.3. The van der Waals surface area contributed by atoms with Crippen LogP contribution in [-0.2, 0) is 13.1 Å². The van der Waals surface area contributed by atoms with Crippen molar-refractivity contribution in [2.75, 3.05) is 18.5 Å². The second-order valence-electron chi connectivity index (χ2n) is 7.61. The van der Waals surface area contributed by atoms with Crippen LogP contribution >= 0.6 is 0 Å². The number of aromatic nitrogens is 4. The van der Waals surface area contributed by atoms with E-state index in [0.29, 0.717) is 49.0 Å². The Labute approximate surface area is 195 Å². The van der Waals surface area contributed by atoms with Gasteiger partial charge in [-0.2, -0.15) is 5.10 Å². The molecule has 0 aliphatic carbocycles. The lowest BCUT2D eigenvalue weighted by Gasteiger charge is -2.13. The molecule has 1 amide bonds. The molecule has 3 heterocycles. The molecule has 0 spiro atoms. The van der Waals surface area contributed by atoms with Gasteiger partial charge in [0.25, 0.3) is 5.91 Å². The minimum absolute atomic E-state index is 0.188. The quantitative estimate of drug-likeness (QED) is 0.345. The maximum absolute atomic E-state index is 13.1. The second-order valence-corrected chi connectivity index (χ2v) is 7.61. The Balaban J connectivity index is 1.30. The van der Waals surface area contributed by atoms with Crippen molar-refractivity contribution in [1.82, 2.24) is 25.1 Å². The number of hydrogen-bond acceptors (Lipinski definition) is 7. The number of rotatable bonds is 9.